The number of aromatic nitrogens is 3. The molecule has 2 aliphatic rings. The van der Waals surface area contributed by atoms with E-state index in [9.17, 15) is 5.11 Å². The van der Waals surface area contributed by atoms with Crippen molar-refractivity contribution >= 4 is 0 Å². The van der Waals surface area contributed by atoms with Crippen LogP contribution < -0.4 is 0 Å². The second-order valence-corrected chi connectivity index (χ2v) is 6.33. The van der Waals surface area contributed by atoms with Gasteiger partial charge in [0.25, 0.3) is 0 Å². The zero-order valence-corrected chi connectivity index (χ0v) is 12.9. The van der Waals surface area contributed by atoms with Crippen LogP contribution in [0.5, 0.6) is 0 Å². The van der Waals surface area contributed by atoms with E-state index < -0.39 is 0 Å². The van der Waals surface area contributed by atoms with Gasteiger partial charge in [0.2, 0.25) is 0 Å². The average molecular weight is 294 g/mol. The Morgan fingerprint density at radius 3 is 2.67 bits per heavy atom. The van der Waals surface area contributed by atoms with Gasteiger partial charge >= 0.3 is 0 Å². The predicted molar refractivity (Wildman–Crippen MR) is 78.9 cm³/mol. The number of aliphatic hydroxyl groups excluding tert-OH is 1. The second kappa shape index (κ2) is 6.85. The molecular weight excluding hydrogens is 268 g/mol. The number of aliphatic hydroxyl groups is 1. The summed E-state index contributed by atoms with van der Waals surface area (Å²) in [5, 5.41) is 17.5. The molecule has 6 nitrogen and oxygen atoms in total. The molecule has 1 aromatic rings. The highest BCUT2D eigenvalue weighted by atomic mass is 16.5. The van der Waals surface area contributed by atoms with Gasteiger partial charge in [0.05, 0.1) is 0 Å². The lowest BCUT2D eigenvalue weighted by atomic mass is 9.95. The molecule has 1 atom stereocenters. The molecule has 0 spiro atoms. The quantitative estimate of drug-likeness (QED) is 0.874. The Morgan fingerprint density at radius 1 is 1.24 bits per heavy atom. The minimum atomic E-state index is -0.0359. The average Bonchev–Trinajstić information content (AvgIpc) is 3.15. The largest absolute Gasteiger partial charge is 0.388 e. The number of hydrogen-bond acceptors (Lipinski definition) is 5. The van der Waals surface area contributed by atoms with Crippen LogP contribution in [0.2, 0.25) is 0 Å². The first-order valence-electron chi connectivity index (χ1n) is 8.07. The maximum atomic E-state index is 9.20. The van der Waals surface area contributed by atoms with Crippen molar-refractivity contribution in [2.75, 3.05) is 32.8 Å². The normalized spacial score (nSPS) is 24.8. The van der Waals surface area contributed by atoms with Gasteiger partial charge in [0.1, 0.15) is 12.4 Å². The Kier molecular flexibility index (Phi) is 4.87. The lowest BCUT2D eigenvalue weighted by molar-refractivity contribution is 0.168. The summed E-state index contributed by atoms with van der Waals surface area (Å²) in [6, 6.07) is 0. The van der Waals surface area contributed by atoms with Crippen molar-refractivity contribution in [2.24, 2.45) is 13.0 Å². The smallest absolute Gasteiger partial charge is 0.158 e. The van der Waals surface area contributed by atoms with Gasteiger partial charge in [-0.05, 0) is 51.2 Å². The van der Waals surface area contributed by atoms with Crippen molar-refractivity contribution in [1.82, 2.24) is 19.7 Å². The molecule has 0 saturated carbocycles. The lowest BCUT2D eigenvalue weighted by Gasteiger charge is -2.31. The maximum Gasteiger partial charge on any atom is 0.158 e. The molecule has 2 aliphatic heterocycles. The number of nitrogens with zero attached hydrogens (tertiary/aromatic N) is 4. The van der Waals surface area contributed by atoms with Crippen LogP contribution in [0.3, 0.4) is 0 Å². The third-order valence-electron chi connectivity index (χ3n) is 4.97. The van der Waals surface area contributed by atoms with E-state index in [2.05, 4.69) is 15.1 Å². The zero-order valence-electron chi connectivity index (χ0n) is 12.9. The van der Waals surface area contributed by atoms with E-state index >= 15 is 0 Å². The van der Waals surface area contributed by atoms with Gasteiger partial charge in [-0.1, -0.05) is 0 Å². The summed E-state index contributed by atoms with van der Waals surface area (Å²) in [7, 11) is 1.95. The molecule has 0 aromatic carbocycles. The highest BCUT2D eigenvalue weighted by Gasteiger charge is 2.25. The monoisotopic (exact) mass is 294 g/mol. The Morgan fingerprint density at radius 2 is 2.05 bits per heavy atom. The van der Waals surface area contributed by atoms with Crippen LogP contribution >= 0.6 is 0 Å². The SMILES string of the molecule is Cn1c(CO)nnc1C1CCN(CC[C@@H]2CCOC2)CC1. The highest BCUT2D eigenvalue weighted by molar-refractivity contribution is 5.02. The van der Waals surface area contributed by atoms with Crippen LogP contribution in [0.4, 0.5) is 0 Å². The lowest BCUT2D eigenvalue weighted by Crippen LogP contribution is -2.35. The summed E-state index contributed by atoms with van der Waals surface area (Å²) in [4.78, 5) is 2.57. The summed E-state index contributed by atoms with van der Waals surface area (Å²) in [5.41, 5.74) is 0. The Labute approximate surface area is 126 Å². The molecule has 0 aliphatic carbocycles. The van der Waals surface area contributed by atoms with Crippen molar-refractivity contribution in [2.45, 2.75) is 38.2 Å². The summed E-state index contributed by atoms with van der Waals surface area (Å²) in [6.07, 6.45) is 4.78. The molecule has 118 valence electrons. The van der Waals surface area contributed by atoms with Gasteiger partial charge < -0.3 is 19.3 Å². The van der Waals surface area contributed by atoms with Gasteiger partial charge in [0.15, 0.2) is 5.82 Å². The van der Waals surface area contributed by atoms with Crippen LogP contribution in [-0.4, -0.2) is 57.6 Å². The molecule has 3 rings (SSSR count). The van der Waals surface area contributed by atoms with E-state index in [0.717, 1.165) is 50.9 Å². The van der Waals surface area contributed by atoms with Crippen molar-refractivity contribution in [3.05, 3.63) is 11.6 Å². The first-order valence-corrected chi connectivity index (χ1v) is 8.07. The van der Waals surface area contributed by atoms with E-state index in [0.29, 0.717) is 11.7 Å². The van der Waals surface area contributed by atoms with E-state index in [1.165, 1.54) is 19.4 Å². The van der Waals surface area contributed by atoms with Crippen LogP contribution in [0.25, 0.3) is 0 Å². The van der Waals surface area contributed by atoms with E-state index in [1.54, 1.807) is 0 Å². The summed E-state index contributed by atoms with van der Waals surface area (Å²) < 4.78 is 7.40. The topological polar surface area (TPSA) is 63.4 Å². The van der Waals surface area contributed by atoms with Gasteiger partial charge in [-0.25, -0.2) is 0 Å². The maximum absolute atomic E-state index is 9.20. The molecule has 0 radical (unpaired) electrons. The molecule has 2 fully saturated rings. The van der Waals surface area contributed by atoms with Crippen molar-refractivity contribution < 1.29 is 9.84 Å². The Bertz CT molecular complexity index is 449. The van der Waals surface area contributed by atoms with Crippen LogP contribution in [0.15, 0.2) is 0 Å². The molecule has 0 bridgehead atoms. The molecule has 1 aromatic heterocycles. The van der Waals surface area contributed by atoms with Crippen molar-refractivity contribution in [1.29, 1.82) is 0 Å². The van der Waals surface area contributed by atoms with E-state index in [-0.39, 0.29) is 6.61 Å². The summed E-state index contributed by atoms with van der Waals surface area (Å²) in [5.74, 6) is 2.94. The fourth-order valence-electron chi connectivity index (χ4n) is 3.46. The number of likely N-dealkylation sites (tertiary alicyclic amines) is 1. The predicted octanol–water partition coefficient (Wildman–Crippen LogP) is 0.913. The molecule has 0 amide bonds. The van der Waals surface area contributed by atoms with Gasteiger partial charge in [0, 0.05) is 26.2 Å². The molecule has 6 heteroatoms. The van der Waals surface area contributed by atoms with Crippen LogP contribution in [-0.2, 0) is 18.4 Å². The molecular formula is C15H26N4O2. The third kappa shape index (κ3) is 3.44. The molecule has 0 unspecified atom stereocenters. The van der Waals surface area contributed by atoms with E-state index in [4.69, 9.17) is 4.74 Å². The first-order chi connectivity index (χ1) is 10.3. The molecule has 3 heterocycles. The van der Waals surface area contributed by atoms with Crippen molar-refractivity contribution in [3.8, 4) is 0 Å². The second-order valence-electron chi connectivity index (χ2n) is 6.33. The summed E-state index contributed by atoms with van der Waals surface area (Å²) >= 11 is 0. The fraction of sp³-hybridized carbons (Fsp3) is 0.867. The zero-order chi connectivity index (χ0) is 14.7. The summed E-state index contributed by atoms with van der Waals surface area (Å²) in [6.45, 7) is 5.35. The Hall–Kier alpha value is -0.980. The van der Waals surface area contributed by atoms with Gasteiger partial charge in [-0.3, -0.25) is 0 Å². The van der Waals surface area contributed by atoms with Crippen LogP contribution in [0, 0.1) is 5.92 Å². The van der Waals surface area contributed by atoms with E-state index in [1.807, 2.05) is 11.6 Å². The Balaban J connectivity index is 1.46. The van der Waals surface area contributed by atoms with Gasteiger partial charge in [-0.2, -0.15) is 0 Å². The number of ether oxygens (including phenoxy) is 1. The van der Waals surface area contributed by atoms with Crippen LogP contribution in [0.1, 0.15) is 43.3 Å². The standard InChI is InChI=1S/C15H26N4O2/c1-18-14(10-20)16-17-15(18)13-3-7-19(8-4-13)6-2-12-5-9-21-11-12/h12-13,20H,2-11H2,1H3/t12-/m1/s1. The number of rotatable bonds is 5. The number of piperidine rings is 1. The highest BCUT2D eigenvalue weighted by Crippen LogP contribution is 2.27. The minimum Gasteiger partial charge on any atom is -0.388 e. The number of hydrogen-bond donors (Lipinski definition) is 1. The minimum absolute atomic E-state index is 0.0359. The van der Waals surface area contributed by atoms with Gasteiger partial charge in [-0.15, -0.1) is 10.2 Å². The third-order valence-corrected chi connectivity index (χ3v) is 4.97. The molecule has 1 N–H and O–H groups in total. The fourth-order valence-corrected chi connectivity index (χ4v) is 3.46. The van der Waals surface area contributed by atoms with Crippen molar-refractivity contribution in [3.63, 3.8) is 0 Å². The molecule has 2 saturated heterocycles. The molecule has 21 heavy (non-hydrogen) atoms. The first kappa shape index (κ1) is 14.9.